The summed E-state index contributed by atoms with van der Waals surface area (Å²) >= 11 is 6.22. The summed E-state index contributed by atoms with van der Waals surface area (Å²) < 4.78 is 67.2. The van der Waals surface area contributed by atoms with Crippen LogP contribution in [0.4, 0.5) is 18.9 Å². The van der Waals surface area contributed by atoms with E-state index in [1.165, 1.54) is 12.1 Å². The Hall–Kier alpha value is -2.10. The zero-order valence-electron chi connectivity index (χ0n) is 17.7. The molecule has 4 atom stereocenters. The molecule has 2 aliphatic rings. The van der Waals surface area contributed by atoms with Crippen LogP contribution in [-0.2, 0) is 9.84 Å². The largest absolute Gasteiger partial charge is 0.390 e. The van der Waals surface area contributed by atoms with Crippen molar-refractivity contribution in [1.82, 2.24) is 0 Å². The Morgan fingerprint density at radius 2 is 1.70 bits per heavy atom. The summed E-state index contributed by atoms with van der Waals surface area (Å²) in [4.78, 5) is 12.4. The molecule has 2 fully saturated rings. The number of carbonyl (C=O) groups is 1. The molecule has 2 aromatic carbocycles. The minimum atomic E-state index is -3.93. The molecular formula is C23H23ClF3NO4S. The zero-order valence-corrected chi connectivity index (χ0v) is 19.3. The van der Waals surface area contributed by atoms with E-state index < -0.39 is 44.0 Å². The average Bonchev–Trinajstić information content (AvgIpc) is 3.05. The first-order chi connectivity index (χ1) is 15.4. The van der Waals surface area contributed by atoms with Gasteiger partial charge < -0.3 is 10.4 Å². The van der Waals surface area contributed by atoms with Gasteiger partial charge >= 0.3 is 0 Å². The quantitative estimate of drug-likeness (QED) is 0.557. The lowest BCUT2D eigenvalue weighted by atomic mass is 9.76. The van der Waals surface area contributed by atoms with Gasteiger partial charge in [0, 0.05) is 23.4 Å². The Bertz CT molecular complexity index is 1180. The van der Waals surface area contributed by atoms with Gasteiger partial charge in [-0.1, -0.05) is 18.5 Å². The van der Waals surface area contributed by atoms with Crippen LogP contribution in [0.5, 0.6) is 0 Å². The lowest BCUT2D eigenvalue weighted by Crippen LogP contribution is -2.45. The highest BCUT2D eigenvalue weighted by Crippen LogP contribution is 2.52. The van der Waals surface area contributed by atoms with Crippen LogP contribution in [0, 0.1) is 29.3 Å². The molecule has 1 amide bonds. The molecule has 0 saturated heterocycles. The van der Waals surface area contributed by atoms with Gasteiger partial charge in [0.2, 0.25) is 0 Å². The molecule has 2 N–H and O–H groups in total. The fourth-order valence-corrected chi connectivity index (χ4v) is 8.12. The molecule has 10 heteroatoms. The fourth-order valence-electron chi connectivity index (χ4n) is 5.27. The topological polar surface area (TPSA) is 83.5 Å². The molecule has 2 aromatic rings. The van der Waals surface area contributed by atoms with Gasteiger partial charge in [0.15, 0.2) is 27.3 Å². The van der Waals surface area contributed by atoms with Crippen LogP contribution in [0.3, 0.4) is 0 Å². The van der Waals surface area contributed by atoms with Crippen molar-refractivity contribution in [3.05, 3.63) is 58.4 Å². The summed E-state index contributed by atoms with van der Waals surface area (Å²) in [6, 6.07) is 4.96. The number of amides is 1. The van der Waals surface area contributed by atoms with Gasteiger partial charge in [-0.2, -0.15) is 0 Å². The highest BCUT2D eigenvalue weighted by molar-refractivity contribution is 7.92. The van der Waals surface area contributed by atoms with Crippen LogP contribution in [-0.4, -0.2) is 30.3 Å². The number of nitrogens with one attached hydrogen (secondary N) is 1. The Balaban J connectivity index is 1.63. The maximum absolute atomic E-state index is 13.6. The summed E-state index contributed by atoms with van der Waals surface area (Å²) in [6.07, 6.45) is 2.72. The van der Waals surface area contributed by atoms with Gasteiger partial charge in [0.05, 0.1) is 20.8 Å². The molecule has 4 rings (SSSR count). The Kier molecular flexibility index (Phi) is 6.26. The molecule has 178 valence electrons. The highest BCUT2D eigenvalue weighted by Gasteiger charge is 2.53. The van der Waals surface area contributed by atoms with Crippen molar-refractivity contribution >= 4 is 33.0 Å². The van der Waals surface area contributed by atoms with Crippen LogP contribution in [0.25, 0.3) is 0 Å². The molecule has 2 aliphatic carbocycles. The fraction of sp³-hybridized carbons (Fsp3) is 0.435. The van der Waals surface area contributed by atoms with Gasteiger partial charge in [-0.3, -0.25) is 4.79 Å². The number of benzene rings is 2. The second kappa shape index (κ2) is 8.60. The number of anilines is 1. The molecule has 2 saturated carbocycles. The van der Waals surface area contributed by atoms with Gasteiger partial charge in [0.1, 0.15) is 0 Å². The Labute approximate surface area is 194 Å². The van der Waals surface area contributed by atoms with Gasteiger partial charge in [0.25, 0.3) is 5.91 Å². The van der Waals surface area contributed by atoms with Gasteiger partial charge in [-0.25, -0.2) is 21.6 Å². The van der Waals surface area contributed by atoms with Crippen LogP contribution >= 0.6 is 11.6 Å². The number of aliphatic hydroxyl groups is 1. The van der Waals surface area contributed by atoms with E-state index in [1.54, 1.807) is 0 Å². The number of rotatable bonds is 5. The minimum Gasteiger partial charge on any atom is -0.390 e. The normalized spacial score (nSPS) is 26.9. The second-order valence-corrected chi connectivity index (χ2v) is 11.4. The molecule has 33 heavy (non-hydrogen) atoms. The number of fused-ring (bicyclic) bond motifs is 2. The van der Waals surface area contributed by atoms with Crippen LogP contribution in [0.15, 0.2) is 35.2 Å². The Morgan fingerprint density at radius 3 is 2.24 bits per heavy atom. The number of sulfone groups is 1. The van der Waals surface area contributed by atoms with Crippen LogP contribution in [0.2, 0.25) is 5.02 Å². The monoisotopic (exact) mass is 501 g/mol. The van der Waals surface area contributed by atoms with Crippen LogP contribution < -0.4 is 5.32 Å². The van der Waals surface area contributed by atoms with Crippen molar-refractivity contribution in [2.75, 3.05) is 5.32 Å². The predicted octanol–water partition coefficient (Wildman–Crippen LogP) is 5.11. The summed E-state index contributed by atoms with van der Waals surface area (Å²) in [5.41, 5.74) is -1.28. The lowest BCUT2D eigenvalue weighted by molar-refractivity contribution is -0.0219. The van der Waals surface area contributed by atoms with E-state index in [-0.39, 0.29) is 33.0 Å². The first kappa shape index (κ1) is 24.0. The van der Waals surface area contributed by atoms with Crippen molar-refractivity contribution in [3.63, 3.8) is 0 Å². The molecule has 0 heterocycles. The third-order valence-corrected chi connectivity index (χ3v) is 9.76. The summed E-state index contributed by atoms with van der Waals surface area (Å²) in [5.74, 6) is -5.85. The van der Waals surface area contributed by atoms with E-state index in [4.69, 9.17) is 11.6 Å². The smallest absolute Gasteiger partial charge is 0.255 e. The van der Waals surface area contributed by atoms with Crippen molar-refractivity contribution in [2.24, 2.45) is 11.8 Å². The van der Waals surface area contributed by atoms with E-state index in [9.17, 15) is 31.5 Å². The van der Waals surface area contributed by atoms with Crippen LogP contribution in [0.1, 0.15) is 49.4 Å². The Morgan fingerprint density at radius 1 is 1.12 bits per heavy atom. The predicted molar refractivity (Wildman–Crippen MR) is 117 cm³/mol. The van der Waals surface area contributed by atoms with Crippen molar-refractivity contribution < 1.29 is 31.5 Å². The summed E-state index contributed by atoms with van der Waals surface area (Å²) in [5, 5.41) is 12.2. The molecule has 0 radical (unpaired) electrons. The van der Waals surface area contributed by atoms with Crippen molar-refractivity contribution in [1.29, 1.82) is 0 Å². The molecule has 1 unspecified atom stereocenters. The van der Waals surface area contributed by atoms with Crippen molar-refractivity contribution in [3.8, 4) is 0 Å². The average molecular weight is 502 g/mol. The van der Waals surface area contributed by atoms with E-state index in [1.807, 2.05) is 6.92 Å². The molecule has 0 aliphatic heterocycles. The SMILES string of the molecule is CC[C@]1(O)CC2CC[C@@H](C1)[C@H]2S(=O)(=O)c1cc(C(=O)Nc2cc(F)c(F)c(F)c2)ccc1Cl. The zero-order chi connectivity index (χ0) is 24.1. The van der Waals surface area contributed by atoms with Crippen molar-refractivity contribution in [2.45, 2.75) is 54.8 Å². The number of hydrogen-bond donors (Lipinski definition) is 2. The molecule has 0 spiro atoms. The van der Waals surface area contributed by atoms with E-state index in [2.05, 4.69) is 5.32 Å². The number of hydrogen-bond acceptors (Lipinski definition) is 4. The third kappa shape index (κ3) is 4.38. The number of carbonyl (C=O) groups excluding carboxylic acids is 1. The molecular weight excluding hydrogens is 479 g/mol. The van der Waals surface area contributed by atoms with E-state index in [0.29, 0.717) is 44.2 Å². The molecule has 2 bridgehead atoms. The number of halogens is 4. The first-order valence-corrected chi connectivity index (χ1v) is 12.6. The maximum atomic E-state index is 13.6. The molecule has 5 nitrogen and oxygen atoms in total. The van der Waals surface area contributed by atoms with Gasteiger partial charge in [-0.05, 0) is 62.1 Å². The third-order valence-electron chi connectivity index (χ3n) is 6.88. The van der Waals surface area contributed by atoms with E-state index >= 15 is 0 Å². The highest BCUT2D eigenvalue weighted by atomic mass is 35.5. The maximum Gasteiger partial charge on any atom is 0.255 e. The minimum absolute atomic E-state index is 0.0406. The first-order valence-electron chi connectivity index (χ1n) is 10.7. The molecule has 0 aromatic heterocycles. The van der Waals surface area contributed by atoms with E-state index in [0.717, 1.165) is 6.07 Å². The standard InChI is InChI=1S/C23H23ClF3NO4S/c1-2-23(30)10-13-3-4-14(11-23)21(13)33(31,32)19-7-12(5-6-16(19)24)22(29)28-15-8-17(25)20(27)18(26)9-15/h5-9,13-14,21,30H,2-4,10-11H2,1H3,(H,28,29)/t13-,14?,21+,23+/m0/s1. The lowest BCUT2D eigenvalue weighted by Gasteiger charge is -2.40. The summed E-state index contributed by atoms with van der Waals surface area (Å²) in [7, 11) is -3.93. The summed E-state index contributed by atoms with van der Waals surface area (Å²) in [6.45, 7) is 1.88. The second-order valence-electron chi connectivity index (χ2n) is 8.95. The van der Waals surface area contributed by atoms with Gasteiger partial charge in [-0.15, -0.1) is 0 Å².